The summed E-state index contributed by atoms with van der Waals surface area (Å²) in [7, 11) is 0. The van der Waals surface area contributed by atoms with Crippen molar-refractivity contribution < 1.29 is 4.79 Å². The quantitative estimate of drug-likeness (QED) is 0.809. The standard InChI is InChI=1S/C14H19N5O/c1-11(7-15)8-16-14(20)13-10-19(18-17-13)9-12-5-3-2-4-6-12/h2-6,10-11H,7-9,15H2,1H3,(H,16,20). The number of nitrogens with zero attached hydrogens (tertiary/aromatic N) is 3. The number of hydrogen-bond donors (Lipinski definition) is 2. The molecule has 106 valence electrons. The van der Waals surface area contributed by atoms with Crippen molar-refractivity contribution in [2.45, 2.75) is 13.5 Å². The second kappa shape index (κ2) is 6.81. The van der Waals surface area contributed by atoms with E-state index in [1.807, 2.05) is 37.3 Å². The fraction of sp³-hybridized carbons (Fsp3) is 0.357. The van der Waals surface area contributed by atoms with E-state index in [4.69, 9.17) is 5.73 Å². The van der Waals surface area contributed by atoms with E-state index in [9.17, 15) is 4.79 Å². The molecule has 0 radical (unpaired) electrons. The third-order valence-corrected chi connectivity index (χ3v) is 2.97. The number of nitrogens with one attached hydrogen (secondary N) is 1. The van der Waals surface area contributed by atoms with Gasteiger partial charge in [0, 0.05) is 6.54 Å². The maximum atomic E-state index is 11.9. The highest BCUT2D eigenvalue weighted by Crippen LogP contribution is 2.02. The third-order valence-electron chi connectivity index (χ3n) is 2.97. The molecule has 1 heterocycles. The van der Waals surface area contributed by atoms with Crippen molar-refractivity contribution in [1.29, 1.82) is 0 Å². The zero-order valence-corrected chi connectivity index (χ0v) is 11.5. The molecule has 0 aliphatic rings. The second-order valence-electron chi connectivity index (χ2n) is 4.84. The zero-order chi connectivity index (χ0) is 14.4. The molecule has 0 aliphatic heterocycles. The Bertz CT molecular complexity index is 552. The lowest BCUT2D eigenvalue weighted by Crippen LogP contribution is -2.31. The molecule has 2 rings (SSSR count). The molecule has 1 unspecified atom stereocenters. The first-order chi connectivity index (χ1) is 9.69. The van der Waals surface area contributed by atoms with Crippen LogP contribution in [0.5, 0.6) is 0 Å². The van der Waals surface area contributed by atoms with Gasteiger partial charge in [-0.15, -0.1) is 5.10 Å². The Morgan fingerprint density at radius 3 is 2.85 bits per heavy atom. The smallest absolute Gasteiger partial charge is 0.273 e. The van der Waals surface area contributed by atoms with Crippen LogP contribution in [0.1, 0.15) is 23.0 Å². The number of carbonyl (C=O) groups excluding carboxylic acids is 1. The van der Waals surface area contributed by atoms with Gasteiger partial charge in [-0.2, -0.15) is 0 Å². The van der Waals surface area contributed by atoms with Crippen LogP contribution in [0.15, 0.2) is 36.5 Å². The summed E-state index contributed by atoms with van der Waals surface area (Å²) in [5.74, 6) is 0.0305. The largest absolute Gasteiger partial charge is 0.350 e. The van der Waals surface area contributed by atoms with Gasteiger partial charge in [-0.25, -0.2) is 4.68 Å². The Balaban J connectivity index is 1.93. The third kappa shape index (κ3) is 3.89. The molecular weight excluding hydrogens is 254 g/mol. The first-order valence-corrected chi connectivity index (χ1v) is 6.61. The first kappa shape index (κ1) is 14.2. The van der Waals surface area contributed by atoms with Gasteiger partial charge in [0.1, 0.15) is 0 Å². The predicted molar refractivity (Wildman–Crippen MR) is 76.1 cm³/mol. The van der Waals surface area contributed by atoms with E-state index in [0.717, 1.165) is 5.56 Å². The summed E-state index contributed by atoms with van der Waals surface area (Å²) in [5.41, 5.74) is 6.94. The van der Waals surface area contributed by atoms with Crippen LogP contribution in [-0.2, 0) is 6.54 Å². The van der Waals surface area contributed by atoms with Crippen molar-refractivity contribution in [2.75, 3.05) is 13.1 Å². The van der Waals surface area contributed by atoms with Crippen LogP contribution >= 0.6 is 0 Å². The number of aromatic nitrogens is 3. The number of amides is 1. The maximum absolute atomic E-state index is 11.9. The Hall–Kier alpha value is -2.21. The van der Waals surface area contributed by atoms with Gasteiger partial charge in [-0.05, 0) is 18.0 Å². The van der Waals surface area contributed by atoms with Crippen LogP contribution in [0, 0.1) is 5.92 Å². The van der Waals surface area contributed by atoms with Gasteiger partial charge in [-0.3, -0.25) is 4.79 Å². The molecule has 1 amide bonds. The molecule has 1 atom stereocenters. The molecule has 1 aromatic heterocycles. The summed E-state index contributed by atoms with van der Waals surface area (Å²) in [4.78, 5) is 11.9. The molecule has 0 bridgehead atoms. The van der Waals surface area contributed by atoms with Crippen LogP contribution in [0.25, 0.3) is 0 Å². The van der Waals surface area contributed by atoms with Crippen molar-refractivity contribution in [3.05, 3.63) is 47.8 Å². The highest BCUT2D eigenvalue weighted by molar-refractivity contribution is 5.91. The van der Waals surface area contributed by atoms with Crippen LogP contribution in [0.4, 0.5) is 0 Å². The summed E-state index contributed by atoms with van der Waals surface area (Å²) in [6.07, 6.45) is 1.65. The fourth-order valence-electron chi connectivity index (χ4n) is 1.69. The minimum Gasteiger partial charge on any atom is -0.350 e. The summed E-state index contributed by atoms with van der Waals surface area (Å²) in [6.45, 7) is 3.66. The molecule has 0 saturated carbocycles. The van der Waals surface area contributed by atoms with Crippen molar-refractivity contribution in [2.24, 2.45) is 11.7 Å². The summed E-state index contributed by atoms with van der Waals surface area (Å²) in [6, 6.07) is 9.90. The van der Waals surface area contributed by atoms with Crippen LogP contribution in [-0.4, -0.2) is 34.0 Å². The van der Waals surface area contributed by atoms with Crippen molar-refractivity contribution >= 4 is 5.91 Å². The highest BCUT2D eigenvalue weighted by Gasteiger charge is 2.11. The summed E-state index contributed by atoms with van der Waals surface area (Å²) in [5, 5.41) is 10.6. The van der Waals surface area contributed by atoms with Crippen LogP contribution < -0.4 is 11.1 Å². The number of benzene rings is 1. The molecular formula is C14H19N5O. The molecule has 6 heteroatoms. The molecule has 20 heavy (non-hydrogen) atoms. The number of rotatable bonds is 6. The highest BCUT2D eigenvalue weighted by atomic mass is 16.2. The van der Waals surface area contributed by atoms with Gasteiger partial charge >= 0.3 is 0 Å². The minimum absolute atomic E-state index is 0.218. The average molecular weight is 273 g/mol. The van der Waals surface area contributed by atoms with E-state index >= 15 is 0 Å². The van der Waals surface area contributed by atoms with Gasteiger partial charge in [0.25, 0.3) is 5.91 Å². The maximum Gasteiger partial charge on any atom is 0.273 e. The van der Waals surface area contributed by atoms with E-state index < -0.39 is 0 Å². The number of carbonyl (C=O) groups is 1. The van der Waals surface area contributed by atoms with E-state index in [0.29, 0.717) is 25.3 Å². The molecule has 0 spiro atoms. The predicted octanol–water partition coefficient (Wildman–Crippen LogP) is 0.651. The SMILES string of the molecule is CC(CN)CNC(=O)c1cn(Cc2ccccc2)nn1. The molecule has 6 nitrogen and oxygen atoms in total. The lowest BCUT2D eigenvalue weighted by molar-refractivity contribution is 0.0943. The second-order valence-corrected chi connectivity index (χ2v) is 4.84. The molecule has 3 N–H and O–H groups in total. The molecule has 1 aromatic carbocycles. The number of hydrogen-bond acceptors (Lipinski definition) is 4. The summed E-state index contributed by atoms with van der Waals surface area (Å²) < 4.78 is 1.65. The first-order valence-electron chi connectivity index (χ1n) is 6.61. The monoisotopic (exact) mass is 273 g/mol. The van der Waals surface area contributed by atoms with Crippen molar-refractivity contribution in [3.63, 3.8) is 0 Å². The molecule has 0 aliphatic carbocycles. The van der Waals surface area contributed by atoms with E-state index in [1.54, 1.807) is 10.9 Å². The fourth-order valence-corrected chi connectivity index (χ4v) is 1.69. The van der Waals surface area contributed by atoms with Gasteiger partial charge in [0.05, 0.1) is 12.7 Å². The van der Waals surface area contributed by atoms with Crippen LogP contribution in [0.3, 0.4) is 0 Å². The minimum atomic E-state index is -0.218. The van der Waals surface area contributed by atoms with Gasteiger partial charge < -0.3 is 11.1 Å². The lowest BCUT2D eigenvalue weighted by Gasteiger charge is -2.08. The Morgan fingerprint density at radius 2 is 2.15 bits per heavy atom. The van der Waals surface area contributed by atoms with Crippen LogP contribution in [0.2, 0.25) is 0 Å². The molecule has 2 aromatic rings. The Labute approximate surface area is 118 Å². The number of nitrogens with two attached hydrogens (primary N) is 1. The zero-order valence-electron chi connectivity index (χ0n) is 11.5. The Kier molecular flexibility index (Phi) is 4.84. The van der Waals surface area contributed by atoms with Crippen molar-refractivity contribution in [1.82, 2.24) is 20.3 Å². The van der Waals surface area contributed by atoms with E-state index in [2.05, 4.69) is 15.6 Å². The van der Waals surface area contributed by atoms with Gasteiger partial charge in [-0.1, -0.05) is 42.5 Å². The van der Waals surface area contributed by atoms with E-state index in [1.165, 1.54) is 0 Å². The van der Waals surface area contributed by atoms with Gasteiger partial charge in [0.15, 0.2) is 5.69 Å². The van der Waals surface area contributed by atoms with E-state index in [-0.39, 0.29) is 11.8 Å². The average Bonchev–Trinajstić information content (AvgIpc) is 2.94. The lowest BCUT2D eigenvalue weighted by atomic mass is 10.2. The topological polar surface area (TPSA) is 85.8 Å². The Morgan fingerprint density at radius 1 is 1.40 bits per heavy atom. The molecule has 0 fully saturated rings. The van der Waals surface area contributed by atoms with Gasteiger partial charge in [0.2, 0.25) is 0 Å². The van der Waals surface area contributed by atoms with Crippen molar-refractivity contribution in [3.8, 4) is 0 Å². The normalized spacial score (nSPS) is 12.1. The summed E-state index contributed by atoms with van der Waals surface area (Å²) >= 11 is 0. The molecule has 0 saturated heterocycles.